The van der Waals surface area contributed by atoms with Gasteiger partial charge in [-0.2, -0.15) is 0 Å². The summed E-state index contributed by atoms with van der Waals surface area (Å²) in [6.07, 6.45) is -0.339. The van der Waals surface area contributed by atoms with Crippen LogP contribution in [0.15, 0.2) is 22.7 Å². The maximum Gasteiger partial charge on any atom is 0.415 e. The Labute approximate surface area is 149 Å². The molecule has 6 heteroatoms. The highest BCUT2D eigenvalue weighted by Gasteiger charge is 2.39. The Hall–Kier alpha value is -1.01. The molecule has 4 nitrogen and oxygen atoms in total. The summed E-state index contributed by atoms with van der Waals surface area (Å²) < 4.78 is 12.4. The first-order valence-corrected chi connectivity index (χ1v) is 11.7. The largest absolute Gasteiger partial charge is 0.543 e. The van der Waals surface area contributed by atoms with Crippen molar-refractivity contribution in [2.45, 2.75) is 52.8 Å². The lowest BCUT2D eigenvalue weighted by Crippen LogP contribution is -2.43. The van der Waals surface area contributed by atoms with Crippen molar-refractivity contribution in [2.24, 2.45) is 0 Å². The fraction of sp³-hybridized carbons (Fsp3) is 0.588. The average Bonchev–Trinajstić information content (AvgIpc) is 2.41. The summed E-state index contributed by atoms with van der Waals surface area (Å²) in [4.78, 5) is 13.7. The fourth-order valence-corrected chi connectivity index (χ4v) is 3.18. The lowest BCUT2D eigenvalue weighted by atomic mass is 10.2. The zero-order valence-corrected chi connectivity index (χ0v) is 17.8. The second-order valence-corrected chi connectivity index (χ2v) is 12.6. The summed E-state index contributed by atoms with van der Waals surface area (Å²) in [5, 5.41) is 0.132. The predicted molar refractivity (Wildman–Crippen MR) is 101 cm³/mol. The molecule has 0 aromatic heterocycles. The molecule has 0 aliphatic rings. The first-order valence-electron chi connectivity index (χ1n) is 7.97. The van der Waals surface area contributed by atoms with E-state index in [4.69, 9.17) is 9.16 Å². The van der Waals surface area contributed by atoms with Crippen LogP contribution in [0.2, 0.25) is 18.1 Å². The van der Waals surface area contributed by atoms with E-state index >= 15 is 0 Å². The molecule has 1 aromatic rings. The van der Waals surface area contributed by atoms with Gasteiger partial charge in [0.2, 0.25) is 8.32 Å². The SMILES string of the molecule is CCN(CC)C(=O)Oc1ccc(O[Si](C)(C)C(C)(C)C)cc1Br. The zero-order valence-electron chi connectivity index (χ0n) is 15.2. The van der Waals surface area contributed by atoms with Crippen LogP contribution in [0, 0.1) is 0 Å². The van der Waals surface area contributed by atoms with Crippen LogP contribution in [0.4, 0.5) is 4.79 Å². The summed E-state index contributed by atoms with van der Waals surface area (Å²) in [5.74, 6) is 1.30. The van der Waals surface area contributed by atoms with Crippen molar-refractivity contribution < 1.29 is 14.0 Å². The number of amides is 1. The minimum absolute atomic E-state index is 0.132. The van der Waals surface area contributed by atoms with E-state index in [9.17, 15) is 4.79 Å². The van der Waals surface area contributed by atoms with E-state index in [1.54, 1.807) is 11.0 Å². The molecule has 0 radical (unpaired) electrons. The van der Waals surface area contributed by atoms with Crippen LogP contribution >= 0.6 is 15.9 Å². The summed E-state index contributed by atoms with van der Waals surface area (Å²) in [5.41, 5.74) is 0. The number of rotatable bonds is 5. The standard InChI is InChI=1S/C17H28BrNO3Si/c1-8-19(9-2)16(20)21-15-11-10-13(12-14(15)18)22-23(6,7)17(3,4)5/h10-12H,8-9H2,1-7H3. The number of halogens is 1. The summed E-state index contributed by atoms with van der Waals surface area (Å²) in [7, 11) is -1.88. The molecule has 0 spiro atoms. The zero-order chi connectivity index (χ0) is 17.8. The van der Waals surface area contributed by atoms with Gasteiger partial charge >= 0.3 is 6.09 Å². The number of nitrogens with zero attached hydrogens (tertiary/aromatic N) is 1. The van der Waals surface area contributed by atoms with Crippen LogP contribution in [-0.2, 0) is 0 Å². The Morgan fingerprint density at radius 3 is 2.22 bits per heavy atom. The monoisotopic (exact) mass is 401 g/mol. The van der Waals surface area contributed by atoms with Crippen molar-refractivity contribution in [2.75, 3.05) is 13.1 Å². The topological polar surface area (TPSA) is 38.8 Å². The normalized spacial score (nSPS) is 12.0. The van der Waals surface area contributed by atoms with Crippen LogP contribution < -0.4 is 9.16 Å². The Bertz CT molecular complexity index is 551. The van der Waals surface area contributed by atoms with E-state index < -0.39 is 8.32 Å². The molecule has 0 bridgehead atoms. The molecule has 1 rings (SSSR count). The number of ether oxygens (including phenoxy) is 1. The summed E-state index contributed by atoms with van der Waals surface area (Å²) in [6.45, 7) is 16.1. The molecule has 0 atom stereocenters. The molecule has 1 aromatic carbocycles. The van der Waals surface area contributed by atoms with Crippen molar-refractivity contribution in [3.8, 4) is 11.5 Å². The maximum absolute atomic E-state index is 12.0. The molecule has 0 saturated heterocycles. The third-order valence-electron chi connectivity index (χ3n) is 4.30. The quantitative estimate of drug-likeness (QED) is 0.596. The highest BCUT2D eigenvalue weighted by molar-refractivity contribution is 9.10. The molecule has 0 fully saturated rings. The van der Waals surface area contributed by atoms with Gasteiger partial charge in [0.1, 0.15) is 11.5 Å². The third kappa shape index (κ3) is 5.24. The minimum Gasteiger partial charge on any atom is -0.543 e. The maximum atomic E-state index is 12.0. The van der Waals surface area contributed by atoms with E-state index in [1.807, 2.05) is 26.0 Å². The predicted octanol–water partition coefficient (Wildman–Crippen LogP) is 5.67. The van der Waals surface area contributed by atoms with Gasteiger partial charge in [-0.1, -0.05) is 20.8 Å². The number of hydrogen-bond donors (Lipinski definition) is 0. The Kier molecular flexibility index (Phi) is 6.71. The van der Waals surface area contributed by atoms with Crippen molar-refractivity contribution >= 4 is 30.3 Å². The van der Waals surface area contributed by atoms with Crippen molar-refractivity contribution in [1.82, 2.24) is 4.90 Å². The van der Waals surface area contributed by atoms with Crippen LogP contribution in [0.25, 0.3) is 0 Å². The van der Waals surface area contributed by atoms with Crippen molar-refractivity contribution in [1.29, 1.82) is 0 Å². The minimum atomic E-state index is -1.88. The first-order chi connectivity index (χ1) is 10.5. The lowest BCUT2D eigenvalue weighted by molar-refractivity contribution is 0.157. The van der Waals surface area contributed by atoms with Gasteiger partial charge in [0, 0.05) is 13.1 Å². The van der Waals surface area contributed by atoms with Crippen LogP contribution in [0.3, 0.4) is 0 Å². The highest BCUT2D eigenvalue weighted by atomic mass is 79.9. The van der Waals surface area contributed by atoms with E-state index in [-0.39, 0.29) is 11.1 Å². The van der Waals surface area contributed by atoms with Gasteiger partial charge < -0.3 is 14.1 Å². The third-order valence-corrected chi connectivity index (χ3v) is 9.28. The van der Waals surface area contributed by atoms with E-state index in [2.05, 4.69) is 49.8 Å². The van der Waals surface area contributed by atoms with Gasteiger partial charge in [0.15, 0.2) is 0 Å². The van der Waals surface area contributed by atoms with Crippen molar-refractivity contribution in [3.05, 3.63) is 22.7 Å². The molecule has 130 valence electrons. The summed E-state index contributed by atoms with van der Waals surface area (Å²) >= 11 is 3.47. The second-order valence-electron chi connectivity index (χ2n) is 6.99. The van der Waals surface area contributed by atoms with E-state index in [0.717, 1.165) is 5.75 Å². The second kappa shape index (κ2) is 7.70. The van der Waals surface area contributed by atoms with Gasteiger partial charge in [0.05, 0.1) is 4.47 Å². The van der Waals surface area contributed by atoms with Gasteiger partial charge in [-0.25, -0.2) is 4.79 Å². The molecule has 0 unspecified atom stereocenters. The van der Waals surface area contributed by atoms with Gasteiger partial charge in [-0.15, -0.1) is 0 Å². The van der Waals surface area contributed by atoms with Crippen LogP contribution in [0.1, 0.15) is 34.6 Å². The first kappa shape index (κ1) is 20.0. The van der Waals surface area contributed by atoms with Gasteiger partial charge in [0.25, 0.3) is 0 Å². The number of benzene rings is 1. The molecule has 1 amide bonds. The Balaban J connectivity index is 2.89. The molecule has 0 saturated carbocycles. The molecule has 0 N–H and O–H groups in total. The Morgan fingerprint density at radius 1 is 1.22 bits per heavy atom. The number of carbonyl (C=O) groups is 1. The van der Waals surface area contributed by atoms with Crippen molar-refractivity contribution in [3.63, 3.8) is 0 Å². The van der Waals surface area contributed by atoms with Crippen LogP contribution in [0.5, 0.6) is 11.5 Å². The molecular formula is C17H28BrNO3Si. The van der Waals surface area contributed by atoms with E-state index in [1.165, 1.54) is 0 Å². The number of hydrogen-bond acceptors (Lipinski definition) is 3. The average molecular weight is 402 g/mol. The number of carbonyl (C=O) groups excluding carboxylic acids is 1. The van der Waals surface area contributed by atoms with E-state index in [0.29, 0.717) is 23.3 Å². The lowest BCUT2D eigenvalue weighted by Gasteiger charge is -2.36. The fourth-order valence-electron chi connectivity index (χ4n) is 1.72. The smallest absolute Gasteiger partial charge is 0.415 e. The molecule has 0 heterocycles. The molecular weight excluding hydrogens is 374 g/mol. The highest BCUT2D eigenvalue weighted by Crippen LogP contribution is 2.39. The molecule has 23 heavy (non-hydrogen) atoms. The Morgan fingerprint density at radius 2 is 1.78 bits per heavy atom. The summed E-state index contributed by atoms with van der Waals surface area (Å²) in [6, 6.07) is 5.50. The van der Waals surface area contributed by atoms with Gasteiger partial charge in [-0.05, 0) is 66.1 Å². The van der Waals surface area contributed by atoms with Gasteiger partial charge in [-0.3, -0.25) is 0 Å². The van der Waals surface area contributed by atoms with Crippen LogP contribution in [-0.4, -0.2) is 32.4 Å². The molecule has 0 aliphatic carbocycles. The molecule has 0 aliphatic heterocycles.